The van der Waals surface area contributed by atoms with E-state index in [0.29, 0.717) is 18.3 Å². The van der Waals surface area contributed by atoms with Crippen molar-refractivity contribution < 1.29 is 43.2 Å². The van der Waals surface area contributed by atoms with Crippen molar-refractivity contribution in [3.8, 4) is 11.3 Å². The summed E-state index contributed by atoms with van der Waals surface area (Å²) >= 11 is 0. The number of carbonyl (C=O) groups excluding carboxylic acids is 1. The first-order valence-electron chi connectivity index (χ1n) is 18.3. The SMILES string of the molecule is CCC(C)(CC)/C(O)=C/C(=O)C(F)(F)F.[C-]#[N+]C1(c2cccc3c2ccc2c(-c4[c-]c5ccccc5c(C(C)(C)C)c4)ncnc23)CCC(C)(C)CC1.[Ir]. The molecule has 0 amide bonds. The number of nitrogens with zero attached hydrogens (tertiary/aromatic N) is 3. The molecule has 54 heavy (non-hydrogen) atoms. The number of alkyl halides is 3. The van der Waals surface area contributed by atoms with Gasteiger partial charge in [0.1, 0.15) is 12.1 Å². The summed E-state index contributed by atoms with van der Waals surface area (Å²) in [6.07, 6.45) is 1.91. The van der Waals surface area contributed by atoms with Gasteiger partial charge in [0.05, 0.1) is 5.52 Å². The van der Waals surface area contributed by atoms with Crippen molar-refractivity contribution in [2.45, 2.75) is 111 Å². The molecule has 1 radical (unpaired) electrons. The summed E-state index contributed by atoms with van der Waals surface area (Å²) in [6.45, 7) is 24.7. The zero-order valence-electron chi connectivity index (χ0n) is 32.3. The van der Waals surface area contributed by atoms with Crippen LogP contribution >= 0.6 is 0 Å². The van der Waals surface area contributed by atoms with Gasteiger partial charge in [-0.1, -0.05) is 115 Å². The molecule has 5 nitrogen and oxygen atoms in total. The molecule has 6 rings (SSSR count). The number of ketones is 1. The summed E-state index contributed by atoms with van der Waals surface area (Å²) in [4.78, 5) is 24.4. The molecule has 1 fully saturated rings. The molecule has 287 valence electrons. The predicted octanol–water partition coefficient (Wildman–Crippen LogP) is 12.8. The number of fused-ring (bicyclic) bond motifs is 4. The summed E-state index contributed by atoms with van der Waals surface area (Å²) in [7, 11) is 0. The minimum atomic E-state index is -4.92. The van der Waals surface area contributed by atoms with Crippen LogP contribution in [-0.2, 0) is 35.9 Å². The molecule has 0 spiro atoms. The molecular formula is C45H49F3IrN3O2-. The van der Waals surface area contributed by atoms with E-state index in [9.17, 15) is 23.1 Å². The van der Waals surface area contributed by atoms with Crippen LogP contribution in [0.3, 0.4) is 0 Å². The fourth-order valence-electron chi connectivity index (χ4n) is 7.26. The van der Waals surface area contributed by atoms with Gasteiger partial charge in [-0.2, -0.15) is 13.2 Å². The number of allylic oxidation sites excluding steroid dienone is 2. The largest absolute Gasteiger partial charge is 0.512 e. The normalized spacial score (nSPS) is 15.9. The zero-order chi connectivity index (χ0) is 39.0. The Labute approximate surface area is 330 Å². The molecular weight excluding hydrogens is 864 g/mol. The van der Waals surface area contributed by atoms with Crippen LogP contribution in [0.5, 0.6) is 0 Å². The van der Waals surface area contributed by atoms with Crippen LogP contribution in [0.1, 0.15) is 105 Å². The smallest absolute Gasteiger partial charge is 0.454 e. The van der Waals surface area contributed by atoms with Gasteiger partial charge < -0.3 is 9.95 Å². The topological polar surface area (TPSA) is 67.4 Å². The van der Waals surface area contributed by atoms with Gasteiger partial charge in [-0.25, -0.2) is 11.6 Å². The molecule has 0 bridgehead atoms. The maximum atomic E-state index is 11.9. The van der Waals surface area contributed by atoms with E-state index < -0.39 is 28.7 Å². The summed E-state index contributed by atoms with van der Waals surface area (Å²) in [5.74, 6) is -2.53. The van der Waals surface area contributed by atoms with Crippen LogP contribution in [0.25, 0.3) is 48.6 Å². The number of carbonyl (C=O) groups is 1. The predicted molar refractivity (Wildman–Crippen MR) is 209 cm³/mol. The Bertz CT molecular complexity index is 2230. The fourth-order valence-corrected chi connectivity index (χ4v) is 7.26. The first kappa shape index (κ1) is 42.6. The number of hydrogen-bond acceptors (Lipinski definition) is 4. The summed E-state index contributed by atoms with van der Waals surface area (Å²) in [6, 6.07) is 25.1. The Hall–Kier alpha value is -4.12. The van der Waals surface area contributed by atoms with E-state index in [4.69, 9.17) is 16.5 Å². The maximum Gasteiger partial charge on any atom is 0.454 e. The van der Waals surface area contributed by atoms with E-state index in [1.807, 2.05) is 0 Å². The van der Waals surface area contributed by atoms with Crippen molar-refractivity contribution in [3.63, 3.8) is 0 Å². The Balaban J connectivity index is 0.000000347. The second-order valence-corrected chi connectivity index (χ2v) is 16.4. The molecule has 1 N–H and O–H groups in total. The number of aliphatic hydroxyl groups excluding tert-OH is 1. The van der Waals surface area contributed by atoms with Crippen molar-refractivity contribution in [1.82, 2.24) is 9.97 Å². The molecule has 1 aliphatic carbocycles. The molecule has 1 aliphatic rings. The Morgan fingerprint density at radius 2 is 1.50 bits per heavy atom. The van der Waals surface area contributed by atoms with Crippen LogP contribution in [0.15, 0.2) is 78.8 Å². The van der Waals surface area contributed by atoms with Gasteiger partial charge in [-0.3, -0.25) is 9.78 Å². The number of benzene rings is 4. The van der Waals surface area contributed by atoms with Gasteiger partial charge in [0, 0.05) is 61.1 Å². The van der Waals surface area contributed by atoms with E-state index >= 15 is 0 Å². The van der Waals surface area contributed by atoms with Crippen LogP contribution in [-0.4, -0.2) is 27.0 Å². The van der Waals surface area contributed by atoms with E-state index in [2.05, 4.69) is 106 Å². The molecule has 1 saturated carbocycles. The van der Waals surface area contributed by atoms with Gasteiger partial charge in [0.15, 0.2) is 0 Å². The third kappa shape index (κ3) is 8.56. The molecule has 4 aromatic carbocycles. The van der Waals surface area contributed by atoms with E-state index in [0.717, 1.165) is 69.6 Å². The first-order chi connectivity index (χ1) is 24.8. The van der Waals surface area contributed by atoms with Crippen LogP contribution < -0.4 is 0 Å². The van der Waals surface area contributed by atoms with E-state index in [-0.39, 0.29) is 31.6 Å². The second kappa shape index (κ2) is 15.9. The van der Waals surface area contributed by atoms with Crippen LogP contribution in [0.4, 0.5) is 13.2 Å². The molecule has 0 unspecified atom stereocenters. The molecule has 1 aromatic heterocycles. The molecule has 5 aromatic rings. The average Bonchev–Trinajstić information content (AvgIpc) is 3.13. The van der Waals surface area contributed by atoms with E-state index in [1.165, 1.54) is 10.9 Å². The van der Waals surface area contributed by atoms with Gasteiger partial charge in [-0.05, 0) is 47.3 Å². The molecule has 0 aliphatic heterocycles. The van der Waals surface area contributed by atoms with Crippen molar-refractivity contribution in [2.24, 2.45) is 10.8 Å². The van der Waals surface area contributed by atoms with Crippen molar-refractivity contribution in [1.29, 1.82) is 0 Å². The Morgan fingerprint density at radius 3 is 2.09 bits per heavy atom. The maximum absolute atomic E-state index is 11.9. The minimum Gasteiger partial charge on any atom is -0.512 e. The monoisotopic (exact) mass is 913 g/mol. The fraction of sp³-hybridized carbons (Fsp3) is 0.422. The zero-order valence-corrected chi connectivity index (χ0v) is 34.7. The average molecular weight is 913 g/mol. The van der Waals surface area contributed by atoms with Crippen molar-refractivity contribution in [2.75, 3.05) is 0 Å². The Morgan fingerprint density at radius 1 is 0.889 bits per heavy atom. The number of rotatable bonds is 6. The van der Waals surface area contributed by atoms with E-state index in [1.54, 1.807) is 27.1 Å². The van der Waals surface area contributed by atoms with Crippen molar-refractivity contribution >= 4 is 38.2 Å². The second-order valence-electron chi connectivity index (χ2n) is 16.4. The molecule has 1 heterocycles. The number of hydrogen-bond donors (Lipinski definition) is 1. The van der Waals surface area contributed by atoms with Gasteiger partial charge in [-0.15, -0.1) is 29.1 Å². The molecule has 9 heteroatoms. The quantitative estimate of drug-likeness (QED) is 0.0798. The number of aromatic nitrogens is 2. The number of halogens is 3. The number of aliphatic hydroxyl groups is 1. The molecule has 0 atom stereocenters. The molecule has 0 saturated heterocycles. The van der Waals surface area contributed by atoms with Crippen LogP contribution in [0, 0.1) is 23.5 Å². The third-order valence-corrected chi connectivity index (χ3v) is 11.4. The summed E-state index contributed by atoms with van der Waals surface area (Å²) in [5.41, 5.74) is 4.32. The standard InChI is InChI=1S/C35H34N3.C10H15F3O2.Ir/c1-33(2,3)30-21-24(20-23-10-7-8-11-25(23)30)31-28-15-14-26-27(32(28)38-22-37-31)12-9-13-29(26)35(36-6)18-16-34(4,5)17-19-35;1-4-9(3,5-2)7(14)6-8(15)10(11,12)13;/h7-15,21-22H,16-19H2,1-5H3;6,14H,4-5H2,1-3H3;/q-1;;/b;7-6-;. The van der Waals surface area contributed by atoms with Gasteiger partial charge >= 0.3 is 6.18 Å². The van der Waals surface area contributed by atoms with Crippen LogP contribution in [0.2, 0.25) is 0 Å². The first-order valence-corrected chi connectivity index (χ1v) is 18.3. The third-order valence-electron chi connectivity index (χ3n) is 11.4. The van der Waals surface area contributed by atoms with Gasteiger partial charge in [0.2, 0.25) is 0 Å². The van der Waals surface area contributed by atoms with Gasteiger partial charge in [0.25, 0.3) is 11.3 Å². The van der Waals surface area contributed by atoms with Crippen molar-refractivity contribution in [3.05, 3.63) is 107 Å². The minimum absolute atomic E-state index is 0. The summed E-state index contributed by atoms with van der Waals surface area (Å²) in [5, 5.41) is 15.0. The Kier molecular flexibility index (Phi) is 12.6. The summed E-state index contributed by atoms with van der Waals surface area (Å²) < 4.78 is 35.7.